The third-order valence-corrected chi connectivity index (χ3v) is 4.54. The molecule has 2 aromatic carbocycles. The normalized spacial score (nSPS) is 10.6. The van der Waals surface area contributed by atoms with E-state index in [1.165, 1.54) is 11.8 Å². The van der Waals surface area contributed by atoms with Gasteiger partial charge in [0.25, 0.3) is 0 Å². The lowest BCUT2D eigenvalue weighted by atomic mass is 10.1. The van der Waals surface area contributed by atoms with Crippen LogP contribution in [0.5, 0.6) is 0 Å². The van der Waals surface area contributed by atoms with Gasteiger partial charge in [0.2, 0.25) is 5.91 Å². The van der Waals surface area contributed by atoms with Crippen molar-refractivity contribution in [3.05, 3.63) is 82.6 Å². The zero-order chi connectivity index (χ0) is 20.6. The van der Waals surface area contributed by atoms with E-state index in [4.69, 9.17) is 16.3 Å². The molecule has 0 bridgehead atoms. The van der Waals surface area contributed by atoms with Crippen LogP contribution in [0.25, 0.3) is 5.69 Å². The molecule has 0 atom stereocenters. The summed E-state index contributed by atoms with van der Waals surface area (Å²) in [6.07, 6.45) is 4.08. The van der Waals surface area contributed by atoms with E-state index in [0.717, 1.165) is 11.3 Å². The minimum absolute atomic E-state index is 0.0737. The number of amides is 1. The van der Waals surface area contributed by atoms with Gasteiger partial charge in [0.1, 0.15) is 6.61 Å². The lowest BCUT2D eigenvalue weighted by Crippen LogP contribution is -2.28. The highest BCUT2D eigenvalue weighted by Gasteiger charge is 2.11. The first kappa shape index (κ1) is 20.6. The third kappa shape index (κ3) is 6.19. The first-order valence-corrected chi connectivity index (χ1v) is 9.69. The van der Waals surface area contributed by atoms with Crippen LogP contribution in [-0.4, -0.2) is 34.8 Å². The Morgan fingerprint density at radius 3 is 2.72 bits per heavy atom. The molecule has 1 amide bonds. The Hall–Kier alpha value is -3.12. The van der Waals surface area contributed by atoms with Crippen LogP contribution in [0.15, 0.2) is 60.9 Å². The number of ether oxygens (including phenoxy) is 1. The van der Waals surface area contributed by atoms with Crippen molar-refractivity contribution in [2.75, 3.05) is 13.2 Å². The fraction of sp³-hybridized carbons (Fsp3) is 0.227. The van der Waals surface area contributed by atoms with Crippen molar-refractivity contribution >= 4 is 23.5 Å². The van der Waals surface area contributed by atoms with Gasteiger partial charge in [0.05, 0.1) is 24.0 Å². The molecule has 1 heterocycles. The molecule has 3 rings (SSSR count). The number of nitrogens with one attached hydrogen (secondary N) is 1. The van der Waals surface area contributed by atoms with Gasteiger partial charge in [0.15, 0.2) is 0 Å². The third-order valence-electron chi connectivity index (χ3n) is 4.31. The zero-order valence-electron chi connectivity index (χ0n) is 16.1. The van der Waals surface area contributed by atoms with Gasteiger partial charge in [-0.1, -0.05) is 47.5 Å². The van der Waals surface area contributed by atoms with Gasteiger partial charge in [0, 0.05) is 17.6 Å². The van der Waals surface area contributed by atoms with Gasteiger partial charge in [-0.05, 0) is 37.1 Å². The standard InChI is InChI=1S/C22H22ClN3O3/c1-16-5-7-17(8-6-16)9-10-21(27)24-11-12-29-22(28)18-14-25-26(15-18)20-4-2-3-19(23)13-20/h2-8,13-15H,9-12H2,1H3,(H,24,27). The van der Waals surface area contributed by atoms with Crippen molar-refractivity contribution in [2.24, 2.45) is 0 Å². The topological polar surface area (TPSA) is 73.2 Å². The quantitative estimate of drug-likeness (QED) is 0.452. The molecule has 0 aliphatic carbocycles. The Morgan fingerprint density at radius 1 is 1.17 bits per heavy atom. The second kappa shape index (κ2) is 9.89. The highest BCUT2D eigenvalue weighted by atomic mass is 35.5. The molecule has 0 spiro atoms. The van der Waals surface area contributed by atoms with Gasteiger partial charge in [-0.25, -0.2) is 9.48 Å². The molecule has 0 unspecified atom stereocenters. The summed E-state index contributed by atoms with van der Waals surface area (Å²) < 4.78 is 6.75. The van der Waals surface area contributed by atoms with Crippen molar-refractivity contribution in [3.63, 3.8) is 0 Å². The Balaban J connectivity index is 1.38. The number of hydrogen-bond donors (Lipinski definition) is 1. The molecule has 0 saturated carbocycles. The van der Waals surface area contributed by atoms with Crippen LogP contribution in [0.1, 0.15) is 27.9 Å². The molecule has 1 N–H and O–H groups in total. The van der Waals surface area contributed by atoms with Gasteiger partial charge < -0.3 is 10.1 Å². The van der Waals surface area contributed by atoms with Gasteiger partial charge >= 0.3 is 5.97 Å². The summed E-state index contributed by atoms with van der Waals surface area (Å²) in [5, 5.41) is 7.49. The minimum atomic E-state index is -0.493. The van der Waals surface area contributed by atoms with E-state index >= 15 is 0 Å². The van der Waals surface area contributed by atoms with Crippen molar-refractivity contribution < 1.29 is 14.3 Å². The summed E-state index contributed by atoms with van der Waals surface area (Å²) in [4.78, 5) is 24.0. The molecular weight excluding hydrogens is 390 g/mol. The minimum Gasteiger partial charge on any atom is -0.460 e. The van der Waals surface area contributed by atoms with E-state index in [9.17, 15) is 9.59 Å². The highest BCUT2D eigenvalue weighted by molar-refractivity contribution is 6.30. The summed E-state index contributed by atoms with van der Waals surface area (Å²) in [5.41, 5.74) is 3.39. The first-order valence-electron chi connectivity index (χ1n) is 9.31. The van der Waals surface area contributed by atoms with E-state index in [1.807, 2.05) is 37.3 Å². The Labute approximate surface area is 174 Å². The number of nitrogens with zero attached hydrogens (tertiary/aromatic N) is 2. The lowest BCUT2D eigenvalue weighted by Gasteiger charge is -2.06. The van der Waals surface area contributed by atoms with Gasteiger partial charge in [-0.2, -0.15) is 5.10 Å². The number of hydrogen-bond acceptors (Lipinski definition) is 4. The molecule has 0 aliphatic heterocycles. The van der Waals surface area contributed by atoms with Crippen LogP contribution in [0.3, 0.4) is 0 Å². The summed E-state index contributed by atoms with van der Waals surface area (Å²) >= 11 is 5.97. The van der Waals surface area contributed by atoms with Gasteiger partial charge in [-0.15, -0.1) is 0 Å². The van der Waals surface area contributed by atoms with Crippen LogP contribution in [-0.2, 0) is 16.0 Å². The number of aryl methyl sites for hydroxylation is 2. The Bertz CT molecular complexity index is 983. The molecule has 0 saturated heterocycles. The van der Waals surface area contributed by atoms with Crippen molar-refractivity contribution in [1.82, 2.24) is 15.1 Å². The van der Waals surface area contributed by atoms with Crippen LogP contribution in [0, 0.1) is 6.92 Å². The largest absolute Gasteiger partial charge is 0.460 e. The molecule has 29 heavy (non-hydrogen) atoms. The van der Waals surface area contributed by atoms with E-state index in [0.29, 0.717) is 23.4 Å². The lowest BCUT2D eigenvalue weighted by molar-refractivity contribution is -0.121. The molecule has 6 nitrogen and oxygen atoms in total. The predicted octanol–water partition coefficient (Wildman–Crippen LogP) is 3.74. The molecule has 7 heteroatoms. The number of benzene rings is 2. The van der Waals surface area contributed by atoms with E-state index in [2.05, 4.69) is 10.4 Å². The van der Waals surface area contributed by atoms with Crippen LogP contribution < -0.4 is 5.32 Å². The number of esters is 1. The first-order chi connectivity index (χ1) is 14.0. The maximum Gasteiger partial charge on any atom is 0.341 e. The molecule has 3 aromatic rings. The Morgan fingerprint density at radius 2 is 1.97 bits per heavy atom. The average molecular weight is 412 g/mol. The summed E-state index contributed by atoms with van der Waals surface area (Å²) in [6.45, 7) is 2.39. The van der Waals surface area contributed by atoms with E-state index < -0.39 is 5.97 Å². The number of rotatable bonds is 8. The second-order valence-electron chi connectivity index (χ2n) is 6.62. The van der Waals surface area contributed by atoms with E-state index in [1.54, 1.807) is 29.1 Å². The van der Waals surface area contributed by atoms with Crippen molar-refractivity contribution in [1.29, 1.82) is 0 Å². The van der Waals surface area contributed by atoms with Gasteiger partial charge in [-0.3, -0.25) is 4.79 Å². The van der Waals surface area contributed by atoms with E-state index in [-0.39, 0.29) is 19.1 Å². The fourth-order valence-corrected chi connectivity index (χ4v) is 2.89. The number of aromatic nitrogens is 2. The average Bonchev–Trinajstić information content (AvgIpc) is 3.21. The fourth-order valence-electron chi connectivity index (χ4n) is 2.71. The smallest absolute Gasteiger partial charge is 0.341 e. The molecule has 0 radical (unpaired) electrons. The van der Waals surface area contributed by atoms with Crippen LogP contribution >= 0.6 is 11.6 Å². The monoisotopic (exact) mass is 411 g/mol. The molecule has 0 fully saturated rings. The number of carbonyl (C=O) groups excluding carboxylic acids is 2. The van der Waals surface area contributed by atoms with Crippen molar-refractivity contribution in [3.8, 4) is 5.69 Å². The number of carbonyl (C=O) groups is 2. The summed E-state index contributed by atoms with van der Waals surface area (Å²) in [5.74, 6) is -0.567. The summed E-state index contributed by atoms with van der Waals surface area (Å²) in [6, 6.07) is 15.2. The maximum atomic E-state index is 12.1. The molecule has 150 valence electrons. The number of halogens is 1. The SMILES string of the molecule is Cc1ccc(CCC(=O)NCCOC(=O)c2cnn(-c3cccc(Cl)c3)c2)cc1. The van der Waals surface area contributed by atoms with Crippen molar-refractivity contribution in [2.45, 2.75) is 19.8 Å². The summed E-state index contributed by atoms with van der Waals surface area (Å²) in [7, 11) is 0. The Kier molecular flexibility index (Phi) is 7.03. The second-order valence-corrected chi connectivity index (χ2v) is 7.06. The molecular formula is C22H22ClN3O3. The molecule has 0 aliphatic rings. The maximum absolute atomic E-state index is 12.1. The van der Waals surface area contributed by atoms with Crippen LogP contribution in [0.4, 0.5) is 0 Å². The zero-order valence-corrected chi connectivity index (χ0v) is 16.9. The van der Waals surface area contributed by atoms with Crippen LogP contribution in [0.2, 0.25) is 5.02 Å². The molecule has 1 aromatic heterocycles. The highest BCUT2D eigenvalue weighted by Crippen LogP contribution is 2.15. The predicted molar refractivity (Wildman–Crippen MR) is 111 cm³/mol.